The van der Waals surface area contributed by atoms with E-state index in [0.29, 0.717) is 13.1 Å². The summed E-state index contributed by atoms with van der Waals surface area (Å²) in [6.07, 6.45) is 0. The Hall–Kier alpha value is -0.750. The van der Waals surface area contributed by atoms with Crippen molar-refractivity contribution in [3.63, 3.8) is 0 Å². The van der Waals surface area contributed by atoms with Crippen molar-refractivity contribution in [1.29, 1.82) is 0 Å². The molecule has 1 aromatic rings. The summed E-state index contributed by atoms with van der Waals surface area (Å²) < 4.78 is 27.2. The van der Waals surface area contributed by atoms with Crippen LogP contribution >= 0.6 is 11.6 Å². The van der Waals surface area contributed by atoms with Crippen LogP contribution in [0.1, 0.15) is 11.6 Å². The van der Waals surface area contributed by atoms with Gasteiger partial charge in [0.1, 0.15) is 11.6 Å². The molecule has 0 bridgehead atoms. The van der Waals surface area contributed by atoms with Crippen molar-refractivity contribution in [3.05, 3.63) is 34.4 Å². The van der Waals surface area contributed by atoms with E-state index in [1.165, 1.54) is 0 Å². The zero-order valence-corrected chi connectivity index (χ0v) is 10.6. The zero-order chi connectivity index (χ0) is 13.1. The van der Waals surface area contributed by atoms with Crippen molar-refractivity contribution in [2.45, 2.75) is 6.04 Å². The van der Waals surface area contributed by atoms with Gasteiger partial charge in [-0.2, -0.15) is 0 Å². The summed E-state index contributed by atoms with van der Waals surface area (Å²) in [6, 6.07) is 1.43. The first-order valence-electron chi connectivity index (χ1n) is 5.84. The molecule has 2 N–H and O–H groups in total. The zero-order valence-electron chi connectivity index (χ0n) is 9.80. The normalized spacial score (nSPS) is 18.9. The molecule has 2 rings (SSSR count). The Morgan fingerprint density at radius 2 is 1.89 bits per heavy atom. The topological polar surface area (TPSA) is 35.5 Å². The van der Waals surface area contributed by atoms with Crippen LogP contribution in [-0.2, 0) is 0 Å². The second kappa shape index (κ2) is 5.93. The Labute approximate surface area is 109 Å². The first-order chi connectivity index (χ1) is 8.65. The number of hydrogen-bond acceptors (Lipinski definition) is 3. The van der Waals surface area contributed by atoms with Gasteiger partial charge in [-0.1, -0.05) is 11.6 Å². The van der Waals surface area contributed by atoms with E-state index in [1.807, 2.05) is 4.90 Å². The standard InChI is InChI=1S/C12H15ClF2N2O/c13-12-9(15)2-1-8(14)11(12)10(7-18)17-5-3-16-4-6-17/h1-2,10,16,18H,3-7H2/t10-/m0/s1. The maximum Gasteiger partial charge on any atom is 0.142 e. The number of benzene rings is 1. The molecule has 1 heterocycles. The van der Waals surface area contributed by atoms with Crippen LogP contribution < -0.4 is 5.32 Å². The third kappa shape index (κ3) is 2.64. The van der Waals surface area contributed by atoms with Gasteiger partial charge in [0, 0.05) is 31.7 Å². The van der Waals surface area contributed by atoms with Crippen LogP contribution in [0.25, 0.3) is 0 Å². The lowest BCUT2D eigenvalue weighted by Crippen LogP contribution is -2.46. The number of aliphatic hydroxyl groups is 1. The number of aliphatic hydroxyl groups excluding tert-OH is 1. The minimum atomic E-state index is -0.665. The average Bonchev–Trinajstić information content (AvgIpc) is 2.40. The molecule has 0 spiro atoms. The molecule has 0 unspecified atom stereocenters. The van der Waals surface area contributed by atoms with Gasteiger partial charge in [0.15, 0.2) is 0 Å². The molecule has 0 amide bonds. The van der Waals surface area contributed by atoms with E-state index < -0.39 is 17.7 Å². The van der Waals surface area contributed by atoms with E-state index in [4.69, 9.17) is 11.6 Å². The Morgan fingerprint density at radius 3 is 2.50 bits per heavy atom. The fraction of sp³-hybridized carbons (Fsp3) is 0.500. The predicted molar refractivity (Wildman–Crippen MR) is 65.6 cm³/mol. The van der Waals surface area contributed by atoms with Crippen LogP contribution in [0.3, 0.4) is 0 Å². The van der Waals surface area contributed by atoms with Gasteiger partial charge in [-0.05, 0) is 12.1 Å². The predicted octanol–water partition coefficient (Wildman–Crippen LogP) is 1.56. The molecule has 1 saturated heterocycles. The summed E-state index contributed by atoms with van der Waals surface area (Å²) in [5.74, 6) is -1.25. The highest BCUT2D eigenvalue weighted by molar-refractivity contribution is 6.31. The van der Waals surface area contributed by atoms with E-state index in [0.717, 1.165) is 25.2 Å². The van der Waals surface area contributed by atoms with E-state index in [1.54, 1.807) is 0 Å². The van der Waals surface area contributed by atoms with Crippen LogP contribution in [0.15, 0.2) is 12.1 Å². The highest BCUT2D eigenvalue weighted by Gasteiger charge is 2.27. The summed E-state index contributed by atoms with van der Waals surface area (Å²) in [4.78, 5) is 1.90. The van der Waals surface area contributed by atoms with Crippen LogP contribution in [-0.4, -0.2) is 42.8 Å². The van der Waals surface area contributed by atoms with Gasteiger partial charge in [0.2, 0.25) is 0 Å². The summed E-state index contributed by atoms with van der Waals surface area (Å²) in [5.41, 5.74) is 0.0427. The maximum absolute atomic E-state index is 13.8. The number of nitrogens with zero attached hydrogens (tertiary/aromatic N) is 1. The van der Waals surface area contributed by atoms with Gasteiger partial charge in [0.25, 0.3) is 0 Å². The minimum Gasteiger partial charge on any atom is -0.394 e. The van der Waals surface area contributed by atoms with Crippen molar-refractivity contribution in [3.8, 4) is 0 Å². The molecule has 6 heteroatoms. The molecule has 0 saturated carbocycles. The van der Waals surface area contributed by atoms with Gasteiger partial charge < -0.3 is 10.4 Å². The molecule has 18 heavy (non-hydrogen) atoms. The number of nitrogens with one attached hydrogen (secondary N) is 1. The fourth-order valence-electron chi connectivity index (χ4n) is 2.23. The minimum absolute atomic E-state index is 0.0427. The van der Waals surface area contributed by atoms with Gasteiger partial charge in [-0.3, -0.25) is 4.90 Å². The summed E-state index contributed by atoms with van der Waals surface area (Å²) in [5, 5.41) is 12.4. The lowest BCUT2D eigenvalue weighted by molar-refractivity contribution is 0.108. The first-order valence-corrected chi connectivity index (χ1v) is 6.22. The Kier molecular flexibility index (Phi) is 4.50. The quantitative estimate of drug-likeness (QED) is 0.823. The SMILES string of the molecule is OC[C@@H](c1c(F)ccc(F)c1Cl)N1CCNCC1. The second-order valence-electron chi connectivity index (χ2n) is 4.24. The van der Waals surface area contributed by atoms with Gasteiger partial charge in [-0.25, -0.2) is 8.78 Å². The van der Waals surface area contributed by atoms with Crippen molar-refractivity contribution in [2.75, 3.05) is 32.8 Å². The summed E-state index contributed by atoms with van der Waals surface area (Å²) in [7, 11) is 0. The molecule has 1 aromatic carbocycles. The Bertz CT molecular complexity index is 425. The van der Waals surface area contributed by atoms with Crippen molar-refractivity contribution < 1.29 is 13.9 Å². The molecule has 1 fully saturated rings. The van der Waals surface area contributed by atoms with E-state index in [-0.39, 0.29) is 17.2 Å². The van der Waals surface area contributed by atoms with Crippen molar-refractivity contribution in [1.82, 2.24) is 10.2 Å². The van der Waals surface area contributed by atoms with E-state index in [9.17, 15) is 13.9 Å². The molecule has 1 aliphatic rings. The average molecular weight is 277 g/mol. The molecule has 0 aliphatic carbocycles. The van der Waals surface area contributed by atoms with Gasteiger partial charge in [-0.15, -0.1) is 0 Å². The molecular weight excluding hydrogens is 262 g/mol. The monoisotopic (exact) mass is 276 g/mol. The van der Waals surface area contributed by atoms with Crippen LogP contribution in [0.5, 0.6) is 0 Å². The number of piperazine rings is 1. The van der Waals surface area contributed by atoms with E-state index in [2.05, 4.69) is 5.32 Å². The van der Waals surface area contributed by atoms with E-state index >= 15 is 0 Å². The third-order valence-electron chi connectivity index (χ3n) is 3.18. The second-order valence-corrected chi connectivity index (χ2v) is 4.62. The molecule has 100 valence electrons. The number of rotatable bonds is 3. The van der Waals surface area contributed by atoms with Crippen molar-refractivity contribution in [2.24, 2.45) is 0 Å². The lowest BCUT2D eigenvalue weighted by atomic mass is 10.0. The van der Waals surface area contributed by atoms with Crippen LogP contribution in [0, 0.1) is 11.6 Å². The Balaban J connectivity index is 2.34. The number of halogens is 3. The van der Waals surface area contributed by atoms with Gasteiger partial charge in [0.05, 0.1) is 17.7 Å². The molecule has 3 nitrogen and oxygen atoms in total. The maximum atomic E-state index is 13.8. The fourth-order valence-corrected chi connectivity index (χ4v) is 2.51. The number of hydrogen-bond donors (Lipinski definition) is 2. The largest absolute Gasteiger partial charge is 0.394 e. The highest BCUT2D eigenvalue weighted by atomic mass is 35.5. The third-order valence-corrected chi connectivity index (χ3v) is 3.56. The first kappa shape index (κ1) is 13.7. The molecule has 0 radical (unpaired) electrons. The van der Waals surface area contributed by atoms with Crippen LogP contribution in [0.2, 0.25) is 5.02 Å². The Morgan fingerprint density at radius 1 is 1.28 bits per heavy atom. The smallest absolute Gasteiger partial charge is 0.142 e. The molecule has 1 aliphatic heterocycles. The lowest BCUT2D eigenvalue weighted by Gasteiger charge is -2.34. The molecule has 1 atom stereocenters. The van der Waals surface area contributed by atoms with Crippen molar-refractivity contribution >= 4 is 11.6 Å². The van der Waals surface area contributed by atoms with Gasteiger partial charge >= 0.3 is 0 Å². The summed E-state index contributed by atoms with van der Waals surface area (Å²) >= 11 is 5.82. The highest BCUT2D eigenvalue weighted by Crippen LogP contribution is 2.31. The summed E-state index contributed by atoms with van der Waals surface area (Å²) in [6.45, 7) is 2.55. The van der Waals surface area contributed by atoms with Crippen LogP contribution in [0.4, 0.5) is 8.78 Å². The molecule has 0 aromatic heterocycles. The molecular formula is C12H15ClF2N2O.